The van der Waals surface area contributed by atoms with Crippen LogP contribution in [0, 0.1) is 0 Å². The van der Waals surface area contributed by atoms with Gasteiger partial charge in [-0.15, -0.1) is 0 Å². The van der Waals surface area contributed by atoms with E-state index in [4.69, 9.17) is 19.9 Å². The van der Waals surface area contributed by atoms with Crippen LogP contribution in [-0.2, 0) is 5.54 Å². The van der Waals surface area contributed by atoms with E-state index in [1.807, 2.05) is 12.1 Å². The third-order valence-electron chi connectivity index (χ3n) is 3.72. The monoisotopic (exact) mass is 251 g/mol. The maximum atomic E-state index is 6.54. The maximum Gasteiger partial charge on any atom is 0.169 e. The summed E-state index contributed by atoms with van der Waals surface area (Å²) < 4.78 is 16.3. The van der Waals surface area contributed by atoms with Gasteiger partial charge in [-0.3, -0.25) is 0 Å². The topological polar surface area (TPSA) is 53.7 Å². The summed E-state index contributed by atoms with van der Waals surface area (Å²) in [5, 5.41) is 0. The molecule has 18 heavy (non-hydrogen) atoms. The molecule has 1 fully saturated rings. The van der Waals surface area contributed by atoms with Crippen LogP contribution in [0.5, 0.6) is 17.2 Å². The molecule has 0 atom stereocenters. The molecule has 1 aromatic carbocycles. The Balaban J connectivity index is 2.60. The van der Waals surface area contributed by atoms with Crippen LogP contribution in [-0.4, -0.2) is 21.3 Å². The molecule has 1 aromatic rings. The Bertz CT molecular complexity index is 425. The second-order valence-corrected chi connectivity index (χ2v) is 4.74. The molecule has 1 aliphatic carbocycles. The predicted molar refractivity (Wildman–Crippen MR) is 70.4 cm³/mol. The molecular weight excluding hydrogens is 230 g/mol. The summed E-state index contributed by atoms with van der Waals surface area (Å²) >= 11 is 0. The summed E-state index contributed by atoms with van der Waals surface area (Å²) in [4.78, 5) is 0. The van der Waals surface area contributed by atoms with E-state index in [2.05, 4.69) is 0 Å². The third kappa shape index (κ3) is 2.01. The van der Waals surface area contributed by atoms with Gasteiger partial charge in [0.1, 0.15) is 5.75 Å². The Morgan fingerprint density at radius 3 is 2.00 bits per heavy atom. The fourth-order valence-corrected chi connectivity index (χ4v) is 2.81. The van der Waals surface area contributed by atoms with Gasteiger partial charge in [0.25, 0.3) is 0 Å². The van der Waals surface area contributed by atoms with Crippen molar-refractivity contribution >= 4 is 0 Å². The molecule has 0 bridgehead atoms. The summed E-state index contributed by atoms with van der Waals surface area (Å²) in [5.74, 6) is 2.17. The molecule has 0 amide bonds. The van der Waals surface area contributed by atoms with E-state index < -0.39 is 0 Å². The normalized spacial score (nSPS) is 17.6. The van der Waals surface area contributed by atoms with Gasteiger partial charge in [0.15, 0.2) is 11.5 Å². The average Bonchev–Trinajstić information content (AvgIpc) is 2.84. The van der Waals surface area contributed by atoms with Crippen LogP contribution in [0.2, 0.25) is 0 Å². The lowest BCUT2D eigenvalue weighted by Crippen LogP contribution is -2.34. The molecule has 0 aromatic heterocycles. The molecule has 0 spiro atoms. The van der Waals surface area contributed by atoms with Crippen LogP contribution in [0.1, 0.15) is 31.2 Å². The van der Waals surface area contributed by atoms with E-state index in [0.29, 0.717) is 11.5 Å². The molecule has 4 nitrogen and oxygen atoms in total. The number of ether oxygens (including phenoxy) is 3. The Hall–Kier alpha value is -1.42. The first-order valence-electron chi connectivity index (χ1n) is 6.24. The number of hydrogen-bond acceptors (Lipinski definition) is 4. The minimum atomic E-state index is -0.370. The number of benzene rings is 1. The minimum absolute atomic E-state index is 0.370. The first-order valence-corrected chi connectivity index (χ1v) is 6.24. The van der Waals surface area contributed by atoms with Crippen LogP contribution >= 0.6 is 0 Å². The van der Waals surface area contributed by atoms with Crippen molar-refractivity contribution in [2.24, 2.45) is 5.73 Å². The lowest BCUT2D eigenvalue weighted by Gasteiger charge is -2.29. The number of rotatable bonds is 4. The van der Waals surface area contributed by atoms with E-state index >= 15 is 0 Å². The van der Waals surface area contributed by atoms with Gasteiger partial charge in [0.05, 0.1) is 26.9 Å². The average molecular weight is 251 g/mol. The van der Waals surface area contributed by atoms with E-state index in [9.17, 15) is 0 Å². The molecule has 1 aliphatic rings. The Kier molecular flexibility index (Phi) is 3.66. The third-order valence-corrected chi connectivity index (χ3v) is 3.72. The summed E-state index contributed by atoms with van der Waals surface area (Å²) in [6.07, 6.45) is 4.18. The van der Waals surface area contributed by atoms with E-state index in [-0.39, 0.29) is 5.54 Å². The van der Waals surface area contributed by atoms with Crippen LogP contribution in [0.25, 0.3) is 0 Å². The van der Waals surface area contributed by atoms with Gasteiger partial charge in [-0.05, 0) is 25.0 Å². The highest BCUT2D eigenvalue weighted by molar-refractivity contribution is 5.57. The molecular formula is C14H21NO3. The van der Waals surface area contributed by atoms with Gasteiger partial charge in [-0.2, -0.15) is 0 Å². The second kappa shape index (κ2) is 5.06. The first kappa shape index (κ1) is 13.0. The highest BCUT2D eigenvalue weighted by Crippen LogP contribution is 2.48. The van der Waals surface area contributed by atoms with Crippen molar-refractivity contribution in [3.8, 4) is 17.2 Å². The molecule has 0 unspecified atom stereocenters. The van der Waals surface area contributed by atoms with E-state index in [1.54, 1.807) is 21.3 Å². The zero-order chi connectivity index (χ0) is 13.2. The molecule has 0 heterocycles. The molecule has 100 valence electrons. The molecule has 0 saturated heterocycles. The summed E-state index contributed by atoms with van der Waals surface area (Å²) in [6.45, 7) is 0. The number of methoxy groups -OCH3 is 3. The smallest absolute Gasteiger partial charge is 0.169 e. The van der Waals surface area contributed by atoms with Gasteiger partial charge in [-0.1, -0.05) is 12.8 Å². The quantitative estimate of drug-likeness (QED) is 0.893. The number of hydrogen-bond donors (Lipinski definition) is 1. The van der Waals surface area contributed by atoms with Crippen molar-refractivity contribution in [3.05, 3.63) is 17.7 Å². The summed E-state index contributed by atoms with van der Waals surface area (Å²) in [6, 6.07) is 3.74. The minimum Gasteiger partial charge on any atom is -0.496 e. The van der Waals surface area contributed by atoms with Crippen molar-refractivity contribution in [3.63, 3.8) is 0 Å². The molecule has 2 rings (SSSR count). The lowest BCUT2D eigenvalue weighted by molar-refractivity contribution is 0.322. The van der Waals surface area contributed by atoms with Gasteiger partial charge >= 0.3 is 0 Å². The van der Waals surface area contributed by atoms with Crippen molar-refractivity contribution in [1.29, 1.82) is 0 Å². The summed E-state index contributed by atoms with van der Waals surface area (Å²) in [7, 11) is 4.92. The maximum absolute atomic E-state index is 6.54. The first-order chi connectivity index (χ1) is 8.66. The number of nitrogens with two attached hydrogens (primary N) is 1. The molecule has 4 heteroatoms. The van der Waals surface area contributed by atoms with Crippen molar-refractivity contribution in [2.75, 3.05) is 21.3 Å². The highest BCUT2D eigenvalue weighted by atomic mass is 16.5. The largest absolute Gasteiger partial charge is 0.496 e. The standard InChI is InChI=1S/C14H21NO3/c1-16-10-6-7-11(17-2)13(18-3)12(10)14(15)8-4-5-9-14/h6-7H,4-5,8-9,15H2,1-3H3. The predicted octanol–water partition coefficient (Wildman–Crippen LogP) is 2.44. The Labute approximate surface area is 108 Å². The molecule has 0 radical (unpaired) electrons. The molecule has 1 saturated carbocycles. The Morgan fingerprint density at radius 1 is 0.944 bits per heavy atom. The van der Waals surface area contributed by atoms with E-state index in [1.165, 1.54) is 0 Å². The van der Waals surface area contributed by atoms with Crippen molar-refractivity contribution < 1.29 is 14.2 Å². The van der Waals surface area contributed by atoms with Gasteiger partial charge in [-0.25, -0.2) is 0 Å². The second-order valence-electron chi connectivity index (χ2n) is 4.74. The molecule has 2 N–H and O–H groups in total. The van der Waals surface area contributed by atoms with Crippen molar-refractivity contribution in [1.82, 2.24) is 0 Å². The zero-order valence-electron chi connectivity index (χ0n) is 11.3. The van der Waals surface area contributed by atoms with Crippen LogP contribution in [0.3, 0.4) is 0 Å². The van der Waals surface area contributed by atoms with Crippen LogP contribution in [0.15, 0.2) is 12.1 Å². The molecule has 0 aliphatic heterocycles. The van der Waals surface area contributed by atoms with Crippen molar-refractivity contribution in [2.45, 2.75) is 31.2 Å². The highest BCUT2D eigenvalue weighted by Gasteiger charge is 2.37. The van der Waals surface area contributed by atoms with E-state index in [0.717, 1.165) is 37.0 Å². The van der Waals surface area contributed by atoms with Crippen LogP contribution in [0.4, 0.5) is 0 Å². The van der Waals surface area contributed by atoms with Crippen LogP contribution < -0.4 is 19.9 Å². The lowest BCUT2D eigenvalue weighted by atomic mass is 9.87. The SMILES string of the molecule is COc1ccc(OC)c(C2(N)CCCC2)c1OC. The van der Waals surface area contributed by atoms with Gasteiger partial charge in [0, 0.05) is 5.54 Å². The summed E-state index contributed by atoms with van der Waals surface area (Å²) in [5.41, 5.74) is 7.11. The fourth-order valence-electron chi connectivity index (χ4n) is 2.81. The zero-order valence-corrected chi connectivity index (χ0v) is 11.3. The fraction of sp³-hybridized carbons (Fsp3) is 0.571. The van der Waals surface area contributed by atoms with Gasteiger partial charge < -0.3 is 19.9 Å². The van der Waals surface area contributed by atoms with Gasteiger partial charge in [0.2, 0.25) is 0 Å². The Morgan fingerprint density at radius 2 is 1.50 bits per heavy atom.